The molecule has 0 radical (unpaired) electrons. The van der Waals surface area contributed by atoms with Crippen LogP contribution in [0.1, 0.15) is 27.2 Å². The van der Waals surface area contributed by atoms with E-state index in [0.717, 1.165) is 28.1 Å². The fourth-order valence-corrected chi connectivity index (χ4v) is 4.42. The summed E-state index contributed by atoms with van der Waals surface area (Å²) in [6, 6.07) is 22.1. The van der Waals surface area contributed by atoms with E-state index in [-0.39, 0.29) is 12.3 Å². The van der Waals surface area contributed by atoms with Gasteiger partial charge < -0.3 is 10.4 Å². The number of halogens is 2. The lowest BCUT2D eigenvalue weighted by Gasteiger charge is -2.08. The monoisotopic (exact) mass is 508 g/mol. The van der Waals surface area contributed by atoms with Gasteiger partial charge in [0.1, 0.15) is 6.54 Å². The van der Waals surface area contributed by atoms with Crippen LogP contribution in [0.5, 0.6) is 0 Å². The first kappa shape index (κ1) is 24.5. The number of rotatable bonds is 7. The van der Waals surface area contributed by atoms with E-state index in [9.17, 15) is 14.7 Å². The van der Waals surface area contributed by atoms with Gasteiger partial charge >= 0.3 is 5.97 Å². The Kier molecular flexibility index (Phi) is 7.24. The zero-order valence-corrected chi connectivity index (χ0v) is 20.8. The molecule has 178 valence electrons. The van der Waals surface area contributed by atoms with E-state index >= 15 is 0 Å². The number of carbonyl (C=O) groups excluding carboxylic acids is 1. The Labute approximate surface area is 213 Å². The van der Waals surface area contributed by atoms with E-state index in [0.29, 0.717) is 27.8 Å². The fraction of sp³-hybridized carbons (Fsp3) is 0.148. The largest absolute Gasteiger partial charge is 0.481 e. The molecule has 0 aliphatic heterocycles. The predicted molar refractivity (Wildman–Crippen MR) is 137 cm³/mol. The number of hydrogen-bond acceptors (Lipinski definition) is 2. The second-order valence-electron chi connectivity index (χ2n) is 8.21. The van der Waals surface area contributed by atoms with Gasteiger partial charge in [-0.2, -0.15) is 4.68 Å². The Balaban J connectivity index is 1.57. The normalized spacial score (nSPS) is 10.9. The van der Waals surface area contributed by atoms with E-state index in [4.69, 9.17) is 23.2 Å². The predicted octanol–water partition coefficient (Wildman–Crippen LogP) is 5.52. The van der Waals surface area contributed by atoms with Crippen LogP contribution in [0.4, 0.5) is 5.69 Å². The van der Waals surface area contributed by atoms with Crippen molar-refractivity contribution in [3.8, 4) is 11.3 Å². The van der Waals surface area contributed by atoms with Crippen LogP contribution in [0.2, 0.25) is 10.0 Å². The molecule has 0 saturated heterocycles. The average Bonchev–Trinajstić information content (AvgIpc) is 3.06. The second kappa shape index (κ2) is 10.3. The lowest BCUT2D eigenvalue weighted by molar-refractivity contribution is -0.743. The van der Waals surface area contributed by atoms with Gasteiger partial charge in [-0.3, -0.25) is 9.59 Å². The third-order valence-corrected chi connectivity index (χ3v) is 6.64. The molecule has 0 aliphatic rings. The number of anilines is 1. The van der Waals surface area contributed by atoms with Gasteiger partial charge in [-0.25, -0.2) is 0 Å². The molecule has 35 heavy (non-hydrogen) atoms. The van der Waals surface area contributed by atoms with Crippen molar-refractivity contribution in [3.05, 3.63) is 105 Å². The van der Waals surface area contributed by atoms with E-state index in [1.807, 2.05) is 73.3 Å². The number of carbonyl (C=O) groups is 2. The standard InChI is InChI=1S/C27H23Cl2N3O3/c1-17-22(15-25(33)34)26(19-6-4-3-5-7-19)31(2)32(17)16-18-8-11-21(12-9-18)30-27(35)20-10-13-23(28)24(29)14-20/h3-14H,15-16H2,1-2H3,(H-,30,33,34,35)/p+1. The van der Waals surface area contributed by atoms with Gasteiger partial charge in [0.15, 0.2) is 7.05 Å². The lowest BCUT2D eigenvalue weighted by Crippen LogP contribution is -2.41. The molecule has 8 heteroatoms. The SMILES string of the molecule is Cc1c(CC(=O)O)c(-c2ccccc2)[n+](C)n1Cc1ccc(NC(=O)c2ccc(Cl)c(Cl)c2)cc1. The number of aromatic nitrogens is 2. The molecule has 1 aromatic heterocycles. The first-order chi connectivity index (χ1) is 16.7. The van der Waals surface area contributed by atoms with Crippen LogP contribution in [-0.2, 0) is 24.8 Å². The summed E-state index contributed by atoms with van der Waals surface area (Å²) in [5, 5.41) is 13.1. The quantitative estimate of drug-likeness (QED) is 0.322. The maximum absolute atomic E-state index is 12.5. The third-order valence-electron chi connectivity index (χ3n) is 5.90. The van der Waals surface area contributed by atoms with Crippen LogP contribution in [0.25, 0.3) is 11.3 Å². The summed E-state index contributed by atoms with van der Waals surface area (Å²) in [7, 11) is 1.94. The van der Waals surface area contributed by atoms with E-state index in [1.165, 1.54) is 6.07 Å². The summed E-state index contributed by atoms with van der Waals surface area (Å²) < 4.78 is 4.06. The van der Waals surface area contributed by atoms with E-state index < -0.39 is 5.97 Å². The molecule has 0 saturated carbocycles. The molecule has 0 bridgehead atoms. The summed E-state index contributed by atoms with van der Waals surface area (Å²) in [6.07, 6.45) is -0.0589. The number of carboxylic acids is 1. The molecule has 0 unspecified atom stereocenters. The van der Waals surface area contributed by atoms with Gasteiger partial charge in [-0.15, -0.1) is 4.68 Å². The molecule has 3 aromatic carbocycles. The Hall–Kier alpha value is -3.61. The van der Waals surface area contributed by atoms with Gasteiger partial charge in [0.25, 0.3) is 5.91 Å². The highest BCUT2D eigenvalue weighted by Gasteiger charge is 2.28. The number of aliphatic carboxylic acids is 1. The zero-order chi connectivity index (χ0) is 25.1. The Bertz CT molecular complexity index is 1400. The Morgan fingerprint density at radius 1 is 0.971 bits per heavy atom. The number of nitrogens with zero attached hydrogens (tertiary/aromatic N) is 2. The Morgan fingerprint density at radius 2 is 1.66 bits per heavy atom. The minimum absolute atomic E-state index is 0.0589. The number of carboxylic acid groups (broad SMARTS) is 1. The molecular formula is C27H24Cl2N3O3+. The second-order valence-corrected chi connectivity index (χ2v) is 9.02. The highest BCUT2D eigenvalue weighted by atomic mass is 35.5. The highest BCUT2D eigenvalue weighted by molar-refractivity contribution is 6.42. The van der Waals surface area contributed by atoms with Crippen molar-refractivity contribution in [2.75, 3.05) is 5.32 Å². The van der Waals surface area contributed by atoms with Crippen molar-refractivity contribution in [2.24, 2.45) is 7.05 Å². The van der Waals surface area contributed by atoms with Crippen LogP contribution in [0, 0.1) is 6.92 Å². The molecule has 0 atom stereocenters. The average molecular weight is 509 g/mol. The first-order valence-electron chi connectivity index (χ1n) is 11.0. The van der Waals surface area contributed by atoms with Crippen LogP contribution in [0.3, 0.4) is 0 Å². The maximum atomic E-state index is 12.5. The summed E-state index contributed by atoms with van der Waals surface area (Å²) in [6.45, 7) is 2.49. The summed E-state index contributed by atoms with van der Waals surface area (Å²) in [5.74, 6) is -1.15. The van der Waals surface area contributed by atoms with Crippen LogP contribution in [-0.4, -0.2) is 21.7 Å². The topological polar surface area (TPSA) is 75.2 Å². The minimum Gasteiger partial charge on any atom is -0.481 e. The van der Waals surface area contributed by atoms with Crippen molar-refractivity contribution in [1.82, 2.24) is 4.68 Å². The smallest absolute Gasteiger partial charge is 0.308 e. The van der Waals surface area contributed by atoms with Crippen molar-refractivity contribution in [2.45, 2.75) is 19.9 Å². The first-order valence-corrected chi connectivity index (χ1v) is 11.7. The molecule has 1 heterocycles. The molecule has 0 fully saturated rings. The molecule has 6 nitrogen and oxygen atoms in total. The maximum Gasteiger partial charge on any atom is 0.308 e. The molecular weight excluding hydrogens is 485 g/mol. The van der Waals surface area contributed by atoms with Crippen molar-refractivity contribution < 1.29 is 19.4 Å². The molecule has 0 aliphatic carbocycles. The van der Waals surface area contributed by atoms with Gasteiger partial charge in [0.2, 0.25) is 5.69 Å². The van der Waals surface area contributed by atoms with Crippen LogP contribution < -0.4 is 10.00 Å². The highest BCUT2D eigenvalue weighted by Crippen LogP contribution is 2.26. The number of nitrogens with one attached hydrogen (secondary N) is 1. The molecule has 2 N–H and O–H groups in total. The molecule has 4 rings (SSSR count). The van der Waals surface area contributed by atoms with Crippen molar-refractivity contribution >= 4 is 40.8 Å². The summed E-state index contributed by atoms with van der Waals surface area (Å²) in [4.78, 5) is 24.1. The van der Waals surface area contributed by atoms with Gasteiger partial charge in [-0.1, -0.05) is 53.5 Å². The minimum atomic E-state index is -0.870. The van der Waals surface area contributed by atoms with Gasteiger partial charge in [-0.05, 0) is 55.0 Å². The molecule has 1 amide bonds. The van der Waals surface area contributed by atoms with Gasteiger partial charge in [0, 0.05) is 16.8 Å². The summed E-state index contributed by atoms with van der Waals surface area (Å²) >= 11 is 11.9. The van der Waals surface area contributed by atoms with Crippen LogP contribution >= 0.6 is 23.2 Å². The third kappa shape index (κ3) is 5.39. The number of benzene rings is 3. The Morgan fingerprint density at radius 3 is 2.29 bits per heavy atom. The molecule has 0 spiro atoms. The van der Waals surface area contributed by atoms with Crippen molar-refractivity contribution in [1.29, 1.82) is 0 Å². The van der Waals surface area contributed by atoms with Gasteiger partial charge in [0.05, 0.1) is 27.7 Å². The number of amides is 1. The fourth-order valence-electron chi connectivity index (χ4n) is 4.12. The zero-order valence-electron chi connectivity index (χ0n) is 19.3. The van der Waals surface area contributed by atoms with Crippen molar-refractivity contribution in [3.63, 3.8) is 0 Å². The summed E-state index contributed by atoms with van der Waals surface area (Å²) in [5.41, 5.74) is 5.60. The van der Waals surface area contributed by atoms with E-state index in [1.54, 1.807) is 12.1 Å². The lowest BCUT2D eigenvalue weighted by atomic mass is 10.0. The number of hydrogen-bond donors (Lipinski definition) is 2. The molecule has 4 aromatic rings. The van der Waals surface area contributed by atoms with Crippen LogP contribution in [0.15, 0.2) is 72.8 Å². The van der Waals surface area contributed by atoms with E-state index in [2.05, 4.69) is 10.00 Å².